The maximum absolute atomic E-state index is 6.40. The lowest BCUT2D eigenvalue weighted by Crippen LogP contribution is -2.13. The summed E-state index contributed by atoms with van der Waals surface area (Å²) in [5.74, 6) is 2.38. The first kappa shape index (κ1) is 30.9. The third kappa shape index (κ3) is 5.54. The minimum atomic E-state index is 0.134. The van der Waals surface area contributed by atoms with Gasteiger partial charge >= 0.3 is 0 Å². The molecule has 0 radical (unpaired) electrons. The molecule has 0 N–H and O–H groups in total. The highest BCUT2D eigenvalue weighted by Gasteiger charge is 2.36. The average Bonchev–Trinajstić information content (AvgIpc) is 3.78. The Bertz CT molecular complexity index is 2310. The summed E-state index contributed by atoms with van der Waals surface area (Å²) in [6, 6.07) is 32.5. The topological polar surface area (TPSA) is 12.5 Å². The molecule has 5 aromatic rings. The first-order valence-electron chi connectivity index (χ1n) is 19.0. The van der Waals surface area contributed by atoms with Crippen LogP contribution in [0, 0.1) is 5.92 Å². The molecule has 10 rings (SSSR count). The fraction of sp³-hybridized carbons (Fsp3) is 0.250. The Labute approximate surface area is 305 Å². The van der Waals surface area contributed by atoms with Gasteiger partial charge in [-0.1, -0.05) is 110 Å². The molecule has 4 aromatic carbocycles. The van der Waals surface area contributed by atoms with E-state index in [1.54, 1.807) is 5.56 Å². The van der Waals surface area contributed by atoms with Crippen LogP contribution in [0.25, 0.3) is 25.7 Å². The molecule has 3 atom stereocenters. The maximum atomic E-state index is 6.40. The van der Waals surface area contributed by atoms with Crippen LogP contribution in [0.5, 0.6) is 0 Å². The number of benzene rings is 4. The smallest absolute Gasteiger partial charge is 0.128 e. The second-order valence-corrected chi connectivity index (χ2v) is 15.9. The van der Waals surface area contributed by atoms with Crippen LogP contribution in [0.15, 0.2) is 151 Å². The molecule has 4 aliphatic carbocycles. The second-order valence-electron chi connectivity index (χ2n) is 14.8. The summed E-state index contributed by atoms with van der Waals surface area (Å²) in [6.07, 6.45) is 30.5. The van der Waals surface area contributed by atoms with Gasteiger partial charge in [-0.25, -0.2) is 0 Å². The molecule has 252 valence electrons. The van der Waals surface area contributed by atoms with Crippen LogP contribution in [0.4, 0.5) is 17.1 Å². The second kappa shape index (κ2) is 13.0. The Morgan fingerprint density at radius 3 is 2.37 bits per heavy atom. The highest BCUT2D eigenvalue weighted by Crippen LogP contribution is 2.49. The lowest BCUT2D eigenvalue weighted by Gasteiger charge is -2.27. The van der Waals surface area contributed by atoms with Gasteiger partial charge in [0.25, 0.3) is 0 Å². The highest BCUT2D eigenvalue weighted by atomic mass is 32.1. The van der Waals surface area contributed by atoms with E-state index in [1.165, 1.54) is 91.6 Å². The molecule has 1 saturated heterocycles. The van der Waals surface area contributed by atoms with Crippen molar-refractivity contribution in [2.24, 2.45) is 5.92 Å². The Morgan fingerprint density at radius 2 is 1.55 bits per heavy atom. The first-order valence-corrected chi connectivity index (χ1v) is 19.9. The van der Waals surface area contributed by atoms with Crippen molar-refractivity contribution in [1.82, 2.24) is 0 Å². The van der Waals surface area contributed by atoms with Crippen molar-refractivity contribution >= 4 is 54.1 Å². The third-order valence-corrected chi connectivity index (χ3v) is 13.0. The average molecular weight is 682 g/mol. The molecule has 3 heteroatoms. The zero-order valence-electron chi connectivity index (χ0n) is 29.0. The Hall–Kier alpha value is -4.86. The number of rotatable bonds is 6. The fourth-order valence-corrected chi connectivity index (χ4v) is 10.4. The van der Waals surface area contributed by atoms with E-state index in [9.17, 15) is 0 Å². The van der Waals surface area contributed by atoms with Crippen molar-refractivity contribution in [3.05, 3.63) is 168 Å². The zero-order chi connectivity index (χ0) is 33.7. The minimum absolute atomic E-state index is 0.134. The lowest BCUT2D eigenvalue weighted by atomic mass is 9.82. The van der Waals surface area contributed by atoms with Crippen LogP contribution in [0.1, 0.15) is 79.9 Å². The predicted octanol–water partition coefficient (Wildman–Crippen LogP) is 13.7. The quantitative estimate of drug-likeness (QED) is 0.177. The third-order valence-electron chi connectivity index (χ3n) is 11.8. The number of hydrogen-bond acceptors (Lipinski definition) is 3. The van der Waals surface area contributed by atoms with Crippen molar-refractivity contribution in [3.63, 3.8) is 0 Å². The van der Waals surface area contributed by atoms with E-state index in [2.05, 4.69) is 145 Å². The van der Waals surface area contributed by atoms with E-state index in [0.717, 1.165) is 25.0 Å². The molecule has 5 aliphatic rings. The Balaban J connectivity index is 1.05. The number of hydrogen-bond donors (Lipinski definition) is 0. The van der Waals surface area contributed by atoms with Crippen LogP contribution >= 0.6 is 11.3 Å². The molecule has 0 bridgehead atoms. The molecule has 2 heterocycles. The number of nitrogens with zero attached hydrogens (tertiary/aromatic N) is 1. The number of allylic oxidation sites excluding steroid dienone is 9. The largest absolute Gasteiger partial charge is 0.485 e. The van der Waals surface area contributed by atoms with E-state index in [-0.39, 0.29) is 6.10 Å². The van der Waals surface area contributed by atoms with Gasteiger partial charge in [0.05, 0.1) is 10.4 Å². The molecular weight excluding hydrogens is 639 g/mol. The predicted molar refractivity (Wildman–Crippen MR) is 216 cm³/mol. The summed E-state index contributed by atoms with van der Waals surface area (Å²) in [4.78, 5) is 2.48. The summed E-state index contributed by atoms with van der Waals surface area (Å²) in [6.45, 7) is 0. The van der Waals surface area contributed by atoms with Gasteiger partial charge in [-0.3, -0.25) is 0 Å². The van der Waals surface area contributed by atoms with Crippen LogP contribution in [0.3, 0.4) is 0 Å². The molecule has 0 amide bonds. The van der Waals surface area contributed by atoms with Gasteiger partial charge in [0.1, 0.15) is 11.9 Å². The van der Waals surface area contributed by atoms with Gasteiger partial charge in [-0.2, -0.15) is 0 Å². The fourth-order valence-electron chi connectivity index (χ4n) is 9.19. The normalized spacial score (nSPS) is 22.7. The van der Waals surface area contributed by atoms with Gasteiger partial charge in [-0.15, -0.1) is 11.3 Å². The van der Waals surface area contributed by atoms with Crippen molar-refractivity contribution in [2.75, 3.05) is 4.90 Å². The summed E-state index contributed by atoms with van der Waals surface area (Å²) >= 11 is 1.96. The first-order chi connectivity index (χ1) is 25.3. The number of fused-ring (bicyclic) bond motifs is 6. The molecule has 1 aromatic heterocycles. The van der Waals surface area contributed by atoms with Crippen molar-refractivity contribution < 1.29 is 4.74 Å². The number of anilines is 3. The van der Waals surface area contributed by atoms with Crippen molar-refractivity contribution in [3.8, 4) is 0 Å². The Morgan fingerprint density at radius 1 is 0.745 bits per heavy atom. The van der Waals surface area contributed by atoms with E-state index < -0.39 is 0 Å². The minimum Gasteiger partial charge on any atom is -0.485 e. The monoisotopic (exact) mass is 681 g/mol. The molecule has 1 aliphatic heterocycles. The van der Waals surface area contributed by atoms with Gasteiger partial charge in [0.15, 0.2) is 0 Å². The highest BCUT2D eigenvalue weighted by molar-refractivity contribution is 7.26. The van der Waals surface area contributed by atoms with E-state index in [0.29, 0.717) is 17.8 Å². The standard InChI is InChI=1S/C48H43NOS/c1-3-11-32(12-4-1)33-21-26-37(27-22-33)49(38-28-23-34(24-29-38)36-25-30-41-40-15-7-8-19-44(40)50-45(41)31-36)43-18-9-17-42-47-39(35-13-5-2-6-14-35)16-10-20-46(47)51-48(42)43/h3,7-12,15-24,26-31,35-36,40,44H,1-2,4-6,13-14,25H2. The SMILES string of the molecule is C1=CC2OC3=CC(c4ccc(N(c5ccc(C6=CCCC=C6)cc5)c5cccc6c5sc5cccc(C7CCCCC7)c56)cc4)CC=C3C2C=C1. The molecule has 2 nitrogen and oxygen atoms in total. The summed E-state index contributed by atoms with van der Waals surface area (Å²) in [5.41, 5.74) is 10.4. The van der Waals surface area contributed by atoms with Crippen LogP contribution in [-0.2, 0) is 4.74 Å². The number of ether oxygens (including phenoxy) is 1. The van der Waals surface area contributed by atoms with Crippen molar-refractivity contribution in [2.45, 2.75) is 69.3 Å². The molecule has 1 saturated carbocycles. The van der Waals surface area contributed by atoms with Gasteiger partial charge in [0, 0.05) is 44.3 Å². The van der Waals surface area contributed by atoms with Gasteiger partial charge < -0.3 is 9.64 Å². The van der Waals surface area contributed by atoms with Crippen molar-refractivity contribution in [1.29, 1.82) is 0 Å². The van der Waals surface area contributed by atoms with E-state index >= 15 is 0 Å². The molecular formula is C48H43NOS. The number of thiophene rings is 1. The van der Waals surface area contributed by atoms with E-state index in [4.69, 9.17) is 4.74 Å². The summed E-state index contributed by atoms with van der Waals surface area (Å²) in [7, 11) is 0. The Kier molecular flexibility index (Phi) is 7.90. The zero-order valence-corrected chi connectivity index (χ0v) is 29.8. The van der Waals surface area contributed by atoms with Crippen LogP contribution in [0.2, 0.25) is 0 Å². The summed E-state index contributed by atoms with van der Waals surface area (Å²) in [5, 5.41) is 2.87. The lowest BCUT2D eigenvalue weighted by molar-refractivity contribution is 0.183. The molecule has 0 spiro atoms. The van der Waals surface area contributed by atoms with Gasteiger partial charge in [0.2, 0.25) is 0 Å². The summed E-state index contributed by atoms with van der Waals surface area (Å²) < 4.78 is 9.17. The maximum Gasteiger partial charge on any atom is 0.128 e. The molecule has 3 unspecified atom stereocenters. The van der Waals surface area contributed by atoms with Crippen LogP contribution < -0.4 is 4.90 Å². The van der Waals surface area contributed by atoms with Gasteiger partial charge in [-0.05, 0) is 109 Å². The van der Waals surface area contributed by atoms with Crippen LogP contribution in [-0.4, -0.2) is 6.10 Å². The molecule has 51 heavy (non-hydrogen) atoms. The van der Waals surface area contributed by atoms with E-state index in [1.807, 2.05) is 11.3 Å². The molecule has 2 fully saturated rings.